The van der Waals surface area contributed by atoms with E-state index < -0.39 is 29.6 Å². The molecular weight excluding hydrogens is 572 g/mol. The molecule has 0 saturated carbocycles. The van der Waals surface area contributed by atoms with Gasteiger partial charge in [0.2, 0.25) is 0 Å². The zero-order valence-corrected chi connectivity index (χ0v) is 27.5. The van der Waals surface area contributed by atoms with E-state index in [9.17, 15) is 19.8 Å². The van der Waals surface area contributed by atoms with Crippen LogP contribution in [0.1, 0.15) is 63.8 Å². The Kier molecular flexibility index (Phi) is 13.8. The van der Waals surface area contributed by atoms with Crippen molar-refractivity contribution in [1.29, 1.82) is 0 Å². The molecule has 0 saturated heterocycles. The minimum atomic E-state index is -0.998. The highest BCUT2D eigenvalue weighted by molar-refractivity contribution is 5.87. The summed E-state index contributed by atoms with van der Waals surface area (Å²) < 4.78 is 22.0. The van der Waals surface area contributed by atoms with E-state index in [0.29, 0.717) is 24.3 Å². The summed E-state index contributed by atoms with van der Waals surface area (Å²) in [6.07, 6.45) is -0.834. The number of carbonyl (C=O) groups excluding carboxylic acids is 2. The van der Waals surface area contributed by atoms with E-state index in [2.05, 4.69) is 52.3 Å². The molecule has 0 fully saturated rings. The van der Waals surface area contributed by atoms with Crippen LogP contribution in [0.3, 0.4) is 0 Å². The van der Waals surface area contributed by atoms with Crippen LogP contribution in [0.5, 0.6) is 11.5 Å². The van der Waals surface area contributed by atoms with Gasteiger partial charge >= 0.3 is 11.9 Å². The first-order valence-electron chi connectivity index (χ1n) is 14.8. The molecule has 0 radical (unpaired) electrons. The second kappa shape index (κ2) is 16.8. The van der Waals surface area contributed by atoms with Crippen LogP contribution in [0.4, 0.5) is 0 Å². The monoisotopic (exact) mass is 620 g/mol. The molecule has 0 aromatic heterocycles. The number of rotatable bonds is 18. The summed E-state index contributed by atoms with van der Waals surface area (Å²) in [5.74, 6) is 0.103. The maximum absolute atomic E-state index is 11.6. The van der Waals surface area contributed by atoms with E-state index in [-0.39, 0.29) is 37.6 Å². The Morgan fingerprint density at radius 1 is 0.667 bits per heavy atom. The lowest BCUT2D eigenvalue weighted by atomic mass is 9.76. The molecule has 45 heavy (non-hydrogen) atoms. The van der Waals surface area contributed by atoms with E-state index in [1.807, 2.05) is 38.1 Å². The van der Waals surface area contributed by atoms with Crippen molar-refractivity contribution in [2.75, 3.05) is 26.4 Å². The first-order chi connectivity index (χ1) is 21.0. The van der Waals surface area contributed by atoms with Gasteiger partial charge in [0.15, 0.2) is 0 Å². The number of benzene rings is 2. The highest BCUT2D eigenvalue weighted by Gasteiger charge is 2.26. The predicted octanol–water partition coefficient (Wildman–Crippen LogP) is 5.97. The quantitative estimate of drug-likeness (QED) is 0.119. The standard InChI is InChI=1S/C37H48O8/c1-23(2)15-27-17-29(11-13-33(27)42-19-31(38)21-44-35(40)25(5)6)37(9,10)30-12-14-34(28(18-30)16-24(3)4)43-20-32(39)22-45-36(41)26(7)8/h11-14,17-18,31-32,38-39H,1,3,5,7,15-16,19-22H2,2,4,6,8-10H3. The number of hydrogen-bond donors (Lipinski definition) is 2. The van der Waals surface area contributed by atoms with Crippen LogP contribution in [0.25, 0.3) is 0 Å². The summed E-state index contributed by atoms with van der Waals surface area (Å²) in [7, 11) is 0. The van der Waals surface area contributed by atoms with E-state index in [1.54, 1.807) is 13.8 Å². The van der Waals surface area contributed by atoms with Crippen molar-refractivity contribution in [2.45, 2.75) is 72.0 Å². The largest absolute Gasteiger partial charge is 0.490 e. The number of aliphatic hydroxyl groups excluding tert-OH is 2. The summed E-state index contributed by atoms with van der Waals surface area (Å²) in [4.78, 5) is 23.3. The maximum Gasteiger partial charge on any atom is 0.333 e. The fraction of sp³-hybridized carbons (Fsp3) is 0.405. The van der Waals surface area contributed by atoms with Crippen LogP contribution in [0, 0.1) is 0 Å². The number of ether oxygens (including phenoxy) is 4. The molecule has 0 bridgehead atoms. The molecule has 2 rings (SSSR count). The van der Waals surface area contributed by atoms with Crippen molar-refractivity contribution in [2.24, 2.45) is 0 Å². The summed E-state index contributed by atoms with van der Waals surface area (Å²) in [6, 6.07) is 11.9. The molecule has 2 atom stereocenters. The number of aliphatic hydroxyl groups is 2. The van der Waals surface area contributed by atoms with Gasteiger partial charge in [-0.2, -0.15) is 0 Å². The molecule has 2 unspecified atom stereocenters. The number of hydrogen-bond acceptors (Lipinski definition) is 8. The van der Waals surface area contributed by atoms with Crippen molar-refractivity contribution in [1.82, 2.24) is 0 Å². The SMILES string of the molecule is C=C(C)Cc1cc(C(C)(C)c2ccc(OCC(O)COC(=O)C(=C)C)c(CC(=C)C)c2)ccc1OCC(O)COC(=O)C(=C)C. The molecule has 0 amide bonds. The van der Waals surface area contributed by atoms with Gasteiger partial charge in [0.1, 0.15) is 50.1 Å². The highest BCUT2D eigenvalue weighted by Crippen LogP contribution is 2.37. The van der Waals surface area contributed by atoms with Crippen LogP contribution < -0.4 is 9.47 Å². The van der Waals surface area contributed by atoms with Crippen LogP contribution in [-0.2, 0) is 37.3 Å². The summed E-state index contributed by atoms with van der Waals surface area (Å²) in [5, 5.41) is 20.6. The van der Waals surface area contributed by atoms with Crippen molar-refractivity contribution in [3.05, 3.63) is 107 Å². The minimum Gasteiger partial charge on any atom is -0.490 e. The molecule has 8 nitrogen and oxygen atoms in total. The fourth-order valence-electron chi connectivity index (χ4n) is 4.37. The van der Waals surface area contributed by atoms with Crippen molar-refractivity contribution in [3.63, 3.8) is 0 Å². The number of carbonyl (C=O) groups is 2. The van der Waals surface area contributed by atoms with Gasteiger partial charge in [0, 0.05) is 16.6 Å². The highest BCUT2D eigenvalue weighted by atomic mass is 16.6. The molecule has 0 spiro atoms. The second-order valence-electron chi connectivity index (χ2n) is 12.2. The molecule has 8 heteroatoms. The van der Waals surface area contributed by atoms with Gasteiger partial charge in [-0.1, -0.05) is 75.6 Å². The fourth-order valence-corrected chi connectivity index (χ4v) is 4.37. The summed E-state index contributed by atoms with van der Waals surface area (Å²) >= 11 is 0. The average molecular weight is 621 g/mol. The van der Waals surface area contributed by atoms with Gasteiger partial charge in [0.25, 0.3) is 0 Å². The third-order valence-corrected chi connectivity index (χ3v) is 6.92. The van der Waals surface area contributed by atoms with Crippen molar-refractivity contribution < 1.29 is 38.7 Å². The predicted molar refractivity (Wildman–Crippen MR) is 177 cm³/mol. The topological polar surface area (TPSA) is 112 Å². The molecule has 0 aliphatic heterocycles. The van der Waals surface area contributed by atoms with Crippen LogP contribution in [0.15, 0.2) is 85.0 Å². The van der Waals surface area contributed by atoms with E-state index in [0.717, 1.165) is 33.4 Å². The smallest absolute Gasteiger partial charge is 0.333 e. The zero-order chi connectivity index (χ0) is 33.9. The van der Waals surface area contributed by atoms with Crippen molar-refractivity contribution >= 4 is 11.9 Å². The molecule has 2 aromatic rings. The van der Waals surface area contributed by atoms with Gasteiger partial charge in [-0.05, 0) is 74.9 Å². The molecule has 0 aliphatic carbocycles. The first-order valence-corrected chi connectivity index (χ1v) is 14.8. The van der Waals surface area contributed by atoms with E-state index in [4.69, 9.17) is 18.9 Å². The lowest BCUT2D eigenvalue weighted by Crippen LogP contribution is -2.26. The van der Waals surface area contributed by atoms with Gasteiger partial charge in [0.05, 0.1) is 0 Å². The third kappa shape index (κ3) is 11.7. The van der Waals surface area contributed by atoms with Gasteiger partial charge < -0.3 is 29.2 Å². The van der Waals surface area contributed by atoms with Crippen LogP contribution in [0.2, 0.25) is 0 Å². The lowest BCUT2D eigenvalue weighted by Gasteiger charge is -2.29. The summed E-state index contributed by atoms with van der Waals surface area (Å²) in [5.41, 5.74) is 5.94. The minimum absolute atomic E-state index is 0.0495. The zero-order valence-electron chi connectivity index (χ0n) is 27.5. The second-order valence-corrected chi connectivity index (χ2v) is 12.2. The number of allylic oxidation sites excluding steroid dienone is 2. The van der Waals surface area contributed by atoms with E-state index in [1.165, 1.54) is 0 Å². The molecule has 2 aromatic carbocycles. The first kappa shape index (κ1) is 37.0. The Morgan fingerprint density at radius 3 is 1.33 bits per heavy atom. The molecule has 0 heterocycles. The van der Waals surface area contributed by atoms with Crippen LogP contribution in [-0.4, -0.2) is 60.8 Å². The normalized spacial score (nSPS) is 12.4. The molecule has 0 aliphatic rings. The van der Waals surface area contributed by atoms with Gasteiger partial charge in [-0.3, -0.25) is 0 Å². The molecule has 244 valence electrons. The van der Waals surface area contributed by atoms with E-state index >= 15 is 0 Å². The Morgan fingerprint density at radius 2 is 1.02 bits per heavy atom. The Hall–Kier alpha value is -4.14. The Labute approximate surface area is 267 Å². The lowest BCUT2D eigenvalue weighted by molar-refractivity contribution is -0.143. The van der Waals surface area contributed by atoms with Gasteiger partial charge in [-0.25, -0.2) is 9.59 Å². The molecule has 2 N–H and O–H groups in total. The van der Waals surface area contributed by atoms with Crippen molar-refractivity contribution in [3.8, 4) is 11.5 Å². The average Bonchev–Trinajstić information content (AvgIpc) is 2.96. The molecular formula is C37H48O8. The number of esters is 2. The third-order valence-electron chi connectivity index (χ3n) is 6.92. The Bertz CT molecular complexity index is 1310. The van der Waals surface area contributed by atoms with Gasteiger partial charge in [-0.15, -0.1) is 0 Å². The van der Waals surface area contributed by atoms with Crippen LogP contribution >= 0.6 is 0 Å². The maximum atomic E-state index is 11.6. The summed E-state index contributed by atoms with van der Waals surface area (Å²) in [6.45, 7) is 26.0. The Balaban J connectivity index is 2.28.